The van der Waals surface area contributed by atoms with Crippen LogP contribution in [0.5, 0.6) is 11.5 Å². The summed E-state index contributed by atoms with van der Waals surface area (Å²) in [4.78, 5) is 17.9. The first kappa shape index (κ1) is 24.0. The number of nitrogens with one attached hydrogen (secondary N) is 2. The van der Waals surface area contributed by atoms with Gasteiger partial charge in [0, 0.05) is 24.1 Å². The van der Waals surface area contributed by atoms with E-state index in [1.807, 2.05) is 54.6 Å². The van der Waals surface area contributed by atoms with Crippen LogP contribution in [0.3, 0.4) is 0 Å². The number of piperidine rings is 1. The van der Waals surface area contributed by atoms with Gasteiger partial charge in [0.1, 0.15) is 11.5 Å². The van der Waals surface area contributed by atoms with E-state index in [2.05, 4.69) is 10.6 Å². The lowest BCUT2D eigenvalue weighted by Crippen LogP contribution is -2.40. The lowest BCUT2D eigenvalue weighted by molar-refractivity contribution is -0.126. The summed E-state index contributed by atoms with van der Waals surface area (Å²) in [6.07, 6.45) is 3.98. The number of carbonyl (C=O) groups is 1. The number of benzene rings is 2. The lowest BCUT2D eigenvalue weighted by Gasteiger charge is -2.26. The minimum absolute atomic E-state index is 0.00258. The first-order valence-corrected chi connectivity index (χ1v) is 12.0. The van der Waals surface area contributed by atoms with Crippen LogP contribution < -0.4 is 20.1 Å². The van der Waals surface area contributed by atoms with Crippen LogP contribution in [0, 0.1) is 5.92 Å². The molecule has 1 aromatic heterocycles. The molecule has 1 aliphatic heterocycles. The van der Waals surface area contributed by atoms with Crippen LogP contribution in [-0.4, -0.2) is 37.7 Å². The number of hydrogen-bond acceptors (Lipinski definition) is 5. The van der Waals surface area contributed by atoms with E-state index < -0.39 is 0 Å². The summed E-state index contributed by atoms with van der Waals surface area (Å²) in [5.74, 6) is 1.45. The lowest BCUT2D eigenvalue weighted by atomic mass is 9.94. The smallest absolute Gasteiger partial charge is 0.223 e. The molecule has 0 radical (unpaired) electrons. The maximum Gasteiger partial charge on any atom is 0.223 e. The average molecular weight is 480 g/mol. The van der Waals surface area contributed by atoms with E-state index in [0.717, 1.165) is 48.5 Å². The van der Waals surface area contributed by atoms with Crippen LogP contribution in [0.2, 0.25) is 5.02 Å². The van der Waals surface area contributed by atoms with E-state index in [0.29, 0.717) is 23.8 Å². The highest BCUT2D eigenvalue weighted by Gasteiger charge is 2.26. The summed E-state index contributed by atoms with van der Waals surface area (Å²) in [6.45, 7) is 2.10. The average Bonchev–Trinajstić information content (AvgIpc) is 2.89. The molecule has 1 fully saturated rings. The minimum Gasteiger partial charge on any atom is -0.497 e. The molecular weight excluding hydrogens is 450 g/mol. The van der Waals surface area contributed by atoms with Crippen molar-refractivity contribution in [2.45, 2.75) is 25.3 Å². The highest BCUT2D eigenvalue weighted by atomic mass is 35.5. The summed E-state index contributed by atoms with van der Waals surface area (Å²) in [7, 11) is 1.65. The Morgan fingerprint density at radius 2 is 1.97 bits per heavy atom. The SMILES string of the molecule is COc1cccc(-c2cccnc2[C@H](CCOc2ccccc2Cl)NC(=O)C2CCNCC2)c1. The number of hydrogen-bond donors (Lipinski definition) is 2. The van der Waals surface area contributed by atoms with Gasteiger partial charge < -0.3 is 20.1 Å². The van der Waals surface area contributed by atoms with Crippen molar-refractivity contribution in [3.63, 3.8) is 0 Å². The predicted octanol–water partition coefficient (Wildman–Crippen LogP) is 5.04. The maximum absolute atomic E-state index is 13.2. The second kappa shape index (κ2) is 11.9. The van der Waals surface area contributed by atoms with Crippen LogP contribution in [0.25, 0.3) is 11.1 Å². The minimum atomic E-state index is -0.313. The van der Waals surface area contributed by atoms with Crippen molar-refractivity contribution in [1.29, 1.82) is 0 Å². The summed E-state index contributed by atoms with van der Waals surface area (Å²) in [5, 5.41) is 7.15. The molecule has 1 aliphatic rings. The molecule has 0 saturated carbocycles. The van der Waals surface area contributed by atoms with Crippen molar-refractivity contribution in [1.82, 2.24) is 15.6 Å². The zero-order valence-electron chi connectivity index (χ0n) is 19.3. The molecule has 0 bridgehead atoms. The highest BCUT2D eigenvalue weighted by Crippen LogP contribution is 2.31. The largest absolute Gasteiger partial charge is 0.497 e. The third kappa shape index (κ3) is 6.07. The number of methoxy groups -OCH3 is 1. The first-order chi connectivity index (χ1) is 16.7. The van der Waals surface area contributed by atoms with Gasteiger partial charge in [-0.1, -0.05) is 41.9 Å². The molecule has 2 heterocycles. The van der Waals surface area contributed by atoms with Crippen molar-refractivity contribution in [2.24, 2.45) is 5.92 Å². The van der Waals surface area contributed by atoms with Gasteiger partial charge in [-0.25, -0.2) is 0 Å². The molecule has 6 nitrogen and oxygen atoms in total. The van der Waals surface area contributed by atoms with E-state index in [1.165, 1.54) is 0 Å². The van der Waals surface area contributed by atoms with Crippen molar-refractivity contribution < 1.29 is 14.3 Å². The standard InChI is InChI=1S/C27H30ClN3O3/c1-33-21-7-4-6-20(18-21)22-8-5-14-30-26(22)24(31-27(32)19-11-15-29-16-12-19)13-17-34-25-10-3-2-9-23(25)28/h2-10,14,18-19,24,29H,11-13,15-17H2,1H3,(H,31,32)/t24-/m0/s1. The number of aromatic nitrogens is 1. The molecule has 178 valence electrons. The van der Waals surface area contributed by atoms with Crippen LogP contribution >= 0.6 is 11.6 Å². The fourth-order valence-electron chi connectivity index (χ4n) is 4.23. The fourth-order valence-corrected chi connectivity index (χ4v) is 4.42. The third-order valence-electron chi connectivity index (χ3n) is 6.08. The molecule has 1 amide bonds. The van der Waals surface area contributed by atoms with Crippen molar-refractivity contribution in [3.05, 3.63) is 77.6 Å². The van der Waals surface area contributed by atoms with Gasteiger partial charge in [-0.2, -0.15) is 0 Å². The zero-order chi connectivity index (χ0) is 23.8. The Kier molecular flexibility index (Phi) is 8.39. The molecule has 4 rings (SSSR count). The Bertz CT molecular complexity index is 1100. The quantitative estimate of drug-likeness (QED) is 0.450. The number of halogens is 1. The fraction of sp³-hybridized carbons (Fsp3) is 0.333. The van der Waals surface area contributed by atoms with Crippen molar-refractivity contribution in [2.75, 3.05) is 26.8 Å². The van der Waals surface area contributed by atoms with E-state index in [1.54, 1.807) is 19.4 Å². The van der Waals surface area contributed by atoms with Gasteiger partial charge in [0.05, 0.1) is 30.5 Å². The van der Waals surface area contributed by atoms with E-state index in [9.17, 15) is 4.79 Å². The summed E-state index contributed by atoms with van der Waals surface area (Å²) in [5.41, 5.74) is 2.74. The van der Waals surface area contributed by atoms with Gasteiger partial charge in [0.2, 0.25) is 5.91 Å². The number of nitrogens with zero attached hydrogens (tertiary/aromatic N) is 1. The number of rotatable bonds is 9. The zero-order valence-corrected chi connectivity index (χ0v) is 20.1. The molecule has 0 aliphatic carbocycles. The highest BCUT2D eigenvalue weighted by molar-refractivity contribution is 6.32. The van der Waals surface area contributed by atoms with Crippen molar-refractivity contribution >= 4 is 17.5 Å². The molecule has 3 aromatic rings. The Hall–Kier alpha value is -3.09. The van der Waals surface area contributed by atoms with Crippen molar-refractivity contribution in [3.8, 4) is 22.6 Å². The molecular formula is C27H30ClN3O3. The van der Waals surface area contributed by atoms with Gasteiger partial charge in [0.15, 0.2) is 0 Å². The Balaban J connectivity index is 1.59. The van der Waals surface area contributed by atoms with E-state index >= 15 is 0 Å². The monoisotopic (exact) mass is 479 g/mol. The van der Waals surface area contributed by atoms with Crippen LogP contribution in [0.1, 0.15) is 31.0 Å². The second-order valence-electron chi connectivity index (χ2n) is 8.32. The van der Waals surface area contributed by atoms with Gasteiger partial charge in [0.25, 0.3) is 0 Å². The number of ether oxygens (including phenoxy) is 2. The normalized spacial score (nSPS) is 14.9. The molecule has 7 heteroatoms. The Labute approximate surface area is 205 Å². The van der Waals surface area contributed by atoms with Gasteiger partial charge in [-0.3, -0.25) is 9.78 Å². The second-order valence-corrected chi connectivity index (χ2v) is 8.73. The van der Waals surface area contributed by atoms with Gasteiger partial charge in [-0.15, -0.1) is 0 Å². The molecule has 1 saturated heterocycles. The molecule has 34 heavy (non-hydrogen) atoms. The number of amides is 1. The molecule has 0 spiro atoms. The van der Waals surface area contributed by atoms with Gasteiger partial charge >= 0.3 is 0 Å². The Morgan fingerprint density at radius 3 is 2.76 bits per heavy atom. The maximum atomic E-state index is 13.2. The topological polar surface area (TPSA) is 72.5 Å². The number of pyridine rings is 1. The van der Waals surface area contributed by atoms with Crippen LogP contribution in [0.4, 0.5) is 0 Å². The predicted molar refractivity (Wildman–Crippen MR) is 134 cm³/mol. The third-order valence-corrected chi connectivity index (χ3v) is 6.39. The molecule has 2 N–H and O–H groups in total. The molecule has 2 aromatic carbocycles. The van der Waals surface area contributed by atoms with Crippen LogP contribution in [0.15, 0.2) is 66.9 Å². The Morgan fingerprint density at radius 1 is 1.15 bits per heavy atom. The summed E-state index contributed by atoms with van der Waals surface area (Å²) < 4.78 is 11.4. The van der Waals surface area contributed by atoms with E-state index in [4.69, 9.17) is 26.1 Å². The van der Waals surface area contributed by atoms with E-state index in [-0.39, 0.29) is 17.9 Å². The number of carbonyl (C=O) groups excluding carboxylic acids is 1. The summed E-state index contributed by atoms with van der Waals surface area (Å²) in [6, 6.07) is 18.9. The first-order valence-electron chi connectivity index (χ1n) is 11.6. The summed E-state index contributed by atoms with van der Waals surface area (Å²) >= 11 is 6.25. The molecule has 0 unspecified atom stereocenters. The van der Waals surface area contributed by atoms with Crippen LogP contribution in [-0.2, 0) is 4.79 Å². The number of para-hydroxylation sites is 1. The molecule has 1 atom stereocenters. The van der Waals surface area contributed by atoms with Gasteiger partial charge in [-0.05, 0) is 61.8 Å².